The number of nitrogens with zero attached hydrogens (tertiary/aromatic N) is 1. The number of hydrogen-bond donors (Lipinski definition) is 1. The third-order valence-corrected chi connectivity index (χ3v) is 3.14. The lowest BCUT2D eigenvalue weighted by Gasteiger charge is -2.22. The minimum atomic E-state index is 0.673. The molecule has 0 unspecified atom stereocenters. The Kier molecular flexibility index (Phi) is 7.09. The molecular weight excluding hydrogens is 248 g/mol. The van der Waals surface area contributed by atoms with E-state index in [0.29, 0.717) is 6.54 Å². The summed E-state index contributed by atoms with van der Waals surface area (Å²) in [4.78, 5) is 2.34. The molecule has 0 saturated carbocycles. The van der Waals surface area contributed by atoms with Gasteiger partial charge in [0, 0.05) is 30.2 Å². The van der Waals surface area contributed by atoms with E-state index in [1.165, 1.54) is 12.8 Å². The Morgan fingerprint density at radius 1 is 1.33 bits per heavy atom. The van der Waals surface area contributed by atoms with Gasteiger partial charge in [0.05, 0.1) is 7.11 Å². The molecule has 0 aromatic heterocycles. The average molecular weight is 271 g/mol. The number of unbranched alkanes of at least 4 members (excludes halogenated alkanes) is 1. The van der Waals surface area contributed by atoms with Crippen LogP contribution >= 0.6 is 11.6 Å². The van der Waals surface area contributed by atoms with Crippen LogP contribution in [0.1, 0.15) is 25.3 Å². The van der Waals surface area contributed by atoms with Crippen molar-refractivity contribution < 1.29 is 4.74 Å². The second-order valence-electron chi connectivity index (χ2n) is 4.37. The Morgan fingerprint density at radius 2 is 2.11 bits per heavy atom. The van der Waals surface area contributed by atoms with E-state index in [-0.39, 0.29) is 0 Å². The molecule has 1 rings (SSSR count). The van der Waals surface area contributed by atoms with Crippen LogP contribution in [0.4, 0.5) is 0 Å². The SMILES string of the molecule is CCCCN(CCN)Cc1cc(Cl)ccc1OC. The van der Waals surface area contributed by atoms with Gasteiger partial charge in [0.25, 0.3) is 0 Å². The van der Waals surface area contributed by atoms with E-state index in [2.05, 4.69) is 11.8 Å². The fraction of sp³-hybridized carbons (Fsp3) is 0.571. The quantitative estimate of drug-likeness (QED) is 0.789. The Hall–Kier alpha value is -0.770. The van der Waals surface area contributed by atoms with Gasteiger partial charge < -0.3 is 10.5 Å². The van der Waals surface area contributed by atoms with Gasteiger partial charge in [-0.1, -0.05) is 24.9 Å². The minimum Gasteiger partial charge on any atom is -0.496 e. The standard InChI is InChI=1S/C14H23ClN2O/c1-3-4-8-17(9-7-16)11-12-10-13(15)5-6-14(12)18-2/h5-6,10H,3-4,7-9,11,16H2,1-2H3. The summed E-state index contributed by atoms with van der Waals surface area (Å²) in [6.45, 7) is 5.66. The molecule has 0 atom stereocenters. The van der Waals surface area contributed by atoms with E-state index in [0.717, 1.165) is 36.0 Å². The third-order valence-electron chi connectivity index (χ3n) is 2.91. The van der Waals surface area contributed by atoms with Gasteiger partial charge in [0.15, 0.2) is 0 Å². The van der Waals surface area contributed by atoms with Crippen molar-refractivity contribution in [2.75, 3.05) is 26.7 Å². The first-order valence-electron chi connectivity index (χ1n) is 6.46. The molecule has 0 radical (unpaired) electrons. The molecule has 0 heterocycles. The first-order chi connectivity index (χ1) is 8.71. The van der Waals surface area contributed by atoms with Crippen molar-refractivity contribution in [2.24, 2.45) is 5.73 Å². The molecule has 0 spiro atoms. The Bertz CT molecular complexity index is 358. The van der Waals surface area contributed by atoms with Crippen molar-refractivity contribution in [1.29, 1.82) is 0 Å². The Morgan fingerprint density at radius 3 is 2.72 bits per heavy atom. The summed E-state index contributed by atoms with van der Waals surface area (Å²) >= 11 is 6.04. The molecule has 0 saturated heterocycles. The summed E-state index contributed by atoms with van der Waals surface area (Å²) in [6.07, 6.45) is 2.37. The van der Waals surface area contributed by atoms with Crippen LogP contribution in [0, 0.1) is 0 Å². The van der Waals surface area contributed by atoms with Crippen molar-refractivity contribution in [3.63, 3.8) is 0 Å². The number of hydrogen-bond acceptors (Lipinski definition) is 3. The first kappa shape index (κ1) is 15.3. The van der Waals surface area contributed by atoms with Crippen molar-refractivity contribution in [2.45, 2.75) is 26.3 Å². The summed E-state index contributed by atoms with van der Waals surface area (Å²) in [5.41, 5.74) is 6.78. The van der Waals surface area contributed by atoms with Gasteiger partial charge >= 0.3 is 0 Å². The van der Waals surface area contributed by atoms with Gasteiger partial charge in [-0.15, -0.1) is 0 Å². The first-order valence-corrected chi connectivity index (χ1v) is 6.83. The molecule has 102 valence electrons. The zero-order valence-corrected chi connectivity index (χ0v) is 12.0. The summed E-state index contributed by atoms with van der Waals surface area (Å²) in [7, 11) is 1.69. The molecule has 0 aliphatic carbocycles. The van der Waals surface area contributed by atoms with E-state index in [4.69, 9.17) is 22.1 Å². The average Bonchev–Trinajstić information content (AvgIpc) is 2.36. The number of rotatable bonds is 8. The predicted octanol–water partition coefficient (Wildman–Crippen LogP) is 2.91. The van der Waals surface area contributed by atoms with Gasteiger partial charge in [0.1, 0.15) is 5.75 Å². The van der Waals surface area contributed by atoms with E-state index < -0.39 is 0 Å². The van der Waals surface area contributed by atoms with Crippen molar-refractivity contribution in [3.05, 3.63) is 28.8 Å². The normalized spacial score (nSPS) is 10.9. The maximum absolute atomic E-state index is 6.04. The number of halogens is 1. The van der Waals surface area contributed by atoms with Crippen LogP contribution in [0.25, 0.3) is 0 Å². The van der Waals surface area contributed by atoms with E-state index in [1.807, 2.05) is 18.2 Å². The third kappa shape index (κ3) is 4.84. The topological polar surface area (TPSA) is 38.5 Å². The molecule has 2 N–H and O–H groups in total. The molecule has 1 aromatic rings. The summed E-state index contributed by atoms with van der Waals surface area (Å²) < 4.78 is 5.37. The van der Waals surface area contributed by atoms with Crippen LogP contribution in [0.5, 0.6) is 5.75 Å². The Balaban J connectivity index is 2.74. The minimum absolute atomic E-state index is 0.673. The zero-order valence-electron chi connectivity index (χ0n) is 11.3. The van der Waals surface area contributed by atoms with Crippen LogP contribution in [-0.4, -0.2) is 31.6 Å². The lowest BCUT2D eigenvalue weighted by Crippen LogP contribution is -2.30. The molecule has 0 aliphatic rings. The fourth-order valence-electron chi connectivity index (χ4n) is 1.95. The van der Waals surface area contributed by atoms with Gasteiger partial charge in [-0.05, 0) is 31.2 Å². The Labute approximate surface area is 115 Å². The van der Waals surface area contributed by atoms with Crippen molar-refractivity contribution in [3.8, 4) is 5.75 Å². The highest BCUT2D eigenvalue weighted by Crippen LogP contribution is 2.24. The summed E-state index contributed by atoms with van der Waals surface area (Å²) in [5, 5.41) is 0.744. The van der Waals surface area contributed by atoms with Crippen LogP contribution in [-0.2, 0) is 6.54 Å². The molecular formula is C14H23ClN2O. The smallest absolute Gasteiger partial charge is 0.123 e. The fourth-order valence-corrected chi connectivity index (χ4v) is 2.14. The molecule has 0 aliphatic heterocycles. The van der Waals surface area contributed by atoms with Gasteiger partial charge in [-0.3, -0.25) is 4.90 Å². The van der Waals surface area contributed by atoms with Crippen LogP contribution in [0.2, 0.25) is 5.02 Å². The number of nitrogens with two attached hydrogens (primary N) is 1. The van der Waals surface area contributed by atoms with Gasteiger partial charge in [-0.2, -0.15) is 0 Å². The van der Waals surface area contributed by atoms with E-state index in [9.17, 15) is 0 Å². The number of methoxy groups -OCH3 is 1. The highest BCUT2D eigenvalue weighted by atomic mass is 35.5. The number of ether oxygens (including phenoxy) is 1. The molecule has 4 heteroatoms. The zero-order chi connectivity index (χ0) is 13.4. The largest absolute Gasteiger partial charge is 0.496 e. The molecule has 0 bridgehead atoms. The predicted molar refractivity (Wildman–Crippen MR) is 77.2 cm³/mol. The molecule has 0 fully saturated rings. The highest BCUT2D eigenvalue weighted by molar-refractivity contribution is 6.30. The van der Waals surface area contributed by atoms with Gasteiger partial charge in [0.2, 0.25) is 0 Å². The van der Waals surface area contributed by atoms with Gasteiger partial charge in [-0.25, -0.2) is 0 Å². The molecule has 1 aromatic carbocycles. The van der Waals surface area contributed by atoms with Crippen LogP contribution < -0.4 is 10.5 Å². The highest BCUT2D eigenvalue weighted by Gasteiger charge is 2.09. The second kappa shape index (κ2) is 8.35. The van der Waals surface area contributed by atoms with Crippen LogP contribution in [0.15, 0.2) is 18.2 Å². The van der Waals surface area contributed by atoms with Crippen molar-refractivity contribution >= 4 is 11.6 Å². The maximum Gasteiger partial charge on any atom is 0.123 e. The summed E-state index contributed by atoms with van der Waals surface area (Å²) in [6, 6.07) is 5.73. The monoisotopic (exact) mass is 270 g/mol. The molecule has 0 amide bonds. The second-order valence-corrected chi connectivity index (χ2v) is 4.81. The van der Waals surface area contributed by atoms with E-state index in [1.54, 1.807) is 7.11 Å². The summed E-state index contributed by atoms with van der Waals surface area (Å²) in [5.74, 6) is 0.887. The van der Waals surface area contributed by atoms with E-state index >= 15 is 0 Å². The lowest BCUT2D eigenvalue weighted by atomic mass is 10.1. The molecule has 18 heavy (non-hydrogen) atoms. The molecule has 3 nitrogen and oxygen atoms in total. The lowest BCUT2D eigenvalue weighted by molar-refractivity contribution is 0.264. The maximum atomic E-state index is 6.04. The number of benzene rings is 1. The van der Waals surface area contributed by atoms with Crippen molar-refractivity contribution in [1.82, 2.24) is 4.90 Å². The van der Waals surface area contributed by atoms with Crippen LogP contribution in [0.3, 0.4) is 0 Å².